The van der Waals surface area contributed by atoms with Gasteiger partial charge in [0.15, 0.2) is 6.10 Å². The fourth-order valence-electron chi connectivity index (χ4n) is 2.25. The third-order valence-electron chi connectivity index (χ3n) is 3.11. The third-order valence-corrected chi connectivity index (χ3v) is 3.11. The average Bonchev–Trinajstić information content (AvgIpc) is 2.79. The molecule has 7 heteroatoms. The second-order valence-electron chi connectivity index (χ2n) is 4.34. The Kier molecular flexibility index (Phi) is 5.47. The lowest BCUT2D eigenvalue weighted by atomic mass is 9.75. The summed E-state index contributed by atoms with van der Waals surface area (Å²) in [5.41, 5.74) is -1.82. The molecule has 0 aromatic rings. The van der Waals surface area contributed by atoms with Crippen LogP contribution in [0.5, 0.6) is 0 Å². The molecule has 0 unspecified atom stereocenters. The molecule has 0 fully saturated rings. The van der Waals surface area contributed by atoms with Gasteiger partial charge in [-0.1, -0.05) is 12.1 Å². The first-order valence-electron chi connectivity index (χ1n) is 6.68. The summed E-state index contributed by atoms with van der Waals surface area (Å²) in [6, 6.07) is 0. The van der Waals surface area contributed by atoms with Crippen molar-refractivity contribution in [3.05, 3.63) is 0 Å². The minimum atomic E-state index is -1.95. The van der Waals surface area contributed by atoms with Gasteiger partial charge in [0.05, 0.1) is 18.9 Å². The quantitative estimate of drug-likeness (QED) is 0.548. The number of hydrogen-bond donors (Lipinski definition) is 0. The minimum Gasteiger partial charge on any atom is -0.465 e. The Balaban J connectivity index is 3.33. The average molecular weight is 289 g/mol. The molecule has 0 aromatic carbocycles. The molecule has 114 valence electrons. The summed E-state index contributed by atoms with van der Waals surface area (Å²) in [4.78, 5) is 29.6. The Morgan fingerprint density at radius 1 is 1.30 bits per heavy atom. The molecule has 0 saturated carbocycles. The van der Waals surface area contributed by atoms with Crippen molar-refractivity contribution in [3.8, 4) is 0 Å². The molecule has 0 saturated heterocycles. The molecule has 0 N–H and O–H groups in total. The second-order valence-corrected chi connectivity index (χ2v) is 4.34. The van der Waals surface area contributed by atoms with Gasteiger partial charge in [-0.25, -0.2) is 4.39 Å². The maximum atomic E-state index is 13.8. The topological polar surface area (TPSA) is 74.2 Å². The number of ether oxygens (including phenoxy) is 2. The van der Waals surface area contributed by atoms with Crippen molar-refractivity contribution in [2.24, 2.45) is 10.6 Å². The SMILES string of the molecule is CCOC(=O)C1(C(=O)OCC)C(CC)=NO[C@H]1[C@H](C)F. The van der Waals surface area contributed by atoms with E-state index in [1.807, 2.05) is 0 Å². The highest BCUT2D eigenvalue weighted by molar-refractivity contribution is 6.23. The van der Waals surface area contributed by atoms with E-state index in [1.54, 1.807) is 20.8 Å². The van der Waals surface area contributed by atoms with Crippen molar-refractivity contribution in [3.63, 3.8) is 0 Å². The van der Waals surface area contributed by atoms with Crippen molar-refractivity contribution in [1.29, 1.82) is 0 Å². The Morgan fingerprint density at radius 2 is 1.80 bits per heavy atom. The van der Waals surface area contributed by atoms with Crippen LogP contribution in [0.15, 0.2) is 5.16 Å². The minimum absolute atomic E-state index is 0.0599. The maximum Gasteiger partial charge on any atom is 0.333 e. The summed E-state index contributed by atoms with van der Waals surface area (Å²) in [5.74, 6) is -1.77. The number of hydrogen-bond acceptors (Lipinski definition) is 6. The monoisotopic (exact) mass is 289 g/mol. The molecule has 0 bridgehead atoms. The normalized spacial score (nSPS) is 21.6. The molecule has 6 nitrogen and oxygen atoms in total. The van der Waals surface area contributed by atoms with Gasteiger partial charge in [-0.05, 0) is 27.2 Å². The van der Waals surface area contributed by atoms with E-state index in [9.17, 15) is 14.0 Å². The van der Waals surface area contributed by atoms with Crippen LogP contribution in [0.3, 0.4) is 0 Å². The fraction of sp³-hybridized carbons (Fsp3) is 0.769. The lowest BCUT2D eigenvalue weighted by molar-refractivity contribution is -0.175. The highest BCUT2D eigenvalue weighted by atomic mass is 19.1. The van der Waals surface area contributed by atoms with Crippen molar-refractivity contribution in [1.82, 2.24) is 0 Å². The number of alkyl halides is 1. The number of rotatable bonds is 6. The van der Waals surface area contributed by atoms with Crippen LogP contribution in [-0.2, 0) is 23.9 Å². The molecule has 1 aliphatic rings. The van der Waals surface area contributed by atoms with Crippen molar-refractivity contribution >= 4 is 17.7 Å². The summed E-state index contributed by atoms with van der Waals surface area (Å²) in [6.07, 6.45) is -2.70. The van der Waals surface area contributed by atoms with Gasteiger partial charge in [0.2, 0.25) is 5.41 Å². The summed E-state index contributed by atoms with van der Waals surface area (Å²) in [6.45, 7) is 6.22. The molecule has 1 rings (SSSR count). The van der Waals surface area contributed by atoms with E-state index in [0.29, 0.717) is 0 Å². The van der Waals surface area contributed by atoms with E-state index < -0.39 is 29.6 Å². The van der Waals surface area contributed by atoms with Crippen molar-refractivity contribution < 1.29 is 28.3 Å². The first-order valence-corrected chi connectivity index (χ1v) is 6.68. The smallest absolute Gasteiger partial charge is 0.333 e. The molecule has 1 heterocycles. The fourth-order valence-corrected chi connectivity index (χ4v) is 2.25. The van der Waals surface area contributed by atoms with E-state index >= 15 is 0 Å². The van der Waals surface area contributed by atoms with Gasteiger partial charge in [-0.15, -0.1) is 0 Å². The van der Waals surface area contributed by atoms with Crippen LogP contribution < -0.4 is 0 Å². The lowest BCUT2D eigenvalue weighted by Crippen LogP contribution is -2.56. The lowest BCUT2D eigenvalue weighted by Gasteiger charge is -2.29. The van der Waals surface area contributed by atoms with E-state index in [4.69, 9.17) is 14.3 Å². The molecule has 0 amide bonds. The zero-order chi connectivity index (χ0) is 15.3. The van der Waals surface area contributed by atoms with Crippen LogP contribution in [0.4, 0.5) is 4.39 Å². The predicted molar refractivity (Wildman–Crippen MR) is 68.9 cm³/mol. The van der Waals surface area contributed by atoms with Crippen LogP contribution in [0, 0.1) is 5.41 Å². The van der Waals surface area contributed by atoms with Crippen LogP contribution in [0.25, 0.3) is 0 Å². The number of nitrogens with zero attached hydrogens (tertiary/aromatic N) is 1. The molecular formula is C13H20FNO5. The first kappa shape index (κ1) is 16.4. The van der Waals surface area contributed by atoms with Crippen LogP contribution >= 0.6 is 0 Å². The summed E-state index contributed by atoms with van der Waals surface area (Å²) >= 11 is 0. The summed E-state index contributed by atoms with van der Waals surface area (Å²) in [5, 5.41) is 3.69. The van der Waals surface area contributed by atoms with Crippen LogP contribution in [-0.4, -0.2) is 43.1 Å². The zero-order valence-corrected chi connectivity index (χ0v) is 12.1. The molecule has 2 atom stereocenters. The van der Waals surface area contributed by atoms with E-state index in [0.717, 1.165) is 0 Å². The van der Waals surface area contributed by atoms with E-state index in [-0.39, 0.29) is 25.3 Å². The zero-order valence-electron chi connectivity index (χ0n) is 12.1. The molecular weight excluding hydrogens is 269 g/mol. The second kappa shape index (κ2) is 6.67. The Labute approximate surface area is 117 Å². The number of oxime groups is 1. The largest absolute Gasteiger partial charge is 0.465 e. The van der Waals surface area contributed by atoms with Gasteiger partial charge in [0.25, 0.3) is 0 Å². The molecule has 0 aromatic heterocycles. The molecule has 0 spiro atoms. The van der Waals surface area contributed by atoms with Gasteiger partial charge >= 0.3 is 11.9 Å². The molecule has 0 aliphatic carbocycles. The van der Waals surface area contributed by atoms with E-state index in [1.165, 1.54) is 6.92 Å². The standard InChI is InChI=1S/C13H20FNO5/c1-5-9-13(11(16)18-6-2,12(17)19-7-3)10(8(4)14)20-15-9/h8,10H,5-7H2,1-4H3/t8-,10-/m0/s1. The summed E-state index contributed by atoms with van der Waals surface area (Å²) in [7, 11) is 0. The Morgan fingerprint density at radius 3 is 2.15 bits per heavy atom. The number of carbonyl (C=O) groups is 2. The summed E-state index contributed by atoms with van der Waals surface area (Å²) < 4.78 is 23.7. The third kappa shape index (κ3) is 2.48. The molecule has 0 radical (unpaired) electrons. The van der Waals surface area contributed by atoms with E-state index in [2.05, 4.69) is 5.16 Å². The number of carbonyl (C=O) groups excluding carboxylic acids is 2. The highest BCUT2D eigenvalue weighted by Gasteiger charge is 2.65. The van der Waals surface area contributed by atoms with Crippen molar-refractivity contribution in [2.75, 3.05) is 13.2 Å². The van der Waals surface area contributed by atoms with Crippen molar-refractivity contribution in [2.45, 2.75) is 46.4 Å². The highest BCUT2D eigenvalue weighted by Crippen LogP contribution is 2.39. The van der Waals surface area contributed by atoms with Gasteiger partial charge in [0.1, 0.15) is 6.17 Å². The molecule has 1 aliphatic heterocycles. The number of esters is 2. The van der Waals surface area contributed by atoms with Crippen LogP contribution in [0.1, 0.15) is 34.1 Å². The van der Waals surface area contributed by atoms with Gasteiger partial charge in [0, 0.05) is 0 Å². The maximum absolute atomic E-state index is 13.8. The van der Waals surface area contributed by atoms with Gasteiger partial charge < -0.3 is 14.3 Å². The molecule has 20 heavy (non-hydrogen) atoms. The van der Waals surface area contributed by atoms with Gasteiger partial charge in [-0.3, -0.25) is 9.59 Å². The Hall–Kier alpha value is -1.66. The Bertz CT molecular complexity index is 390. The van der Waals surface area contributed by atoms with Crippen LogP contribution in [0.2, 0.25) is 0 Å². The van der Waals surface area contributed by atoms with Gasteiger partial charge in [-0.2, -0.15) is 0 Å². The predicted octanol–water partition coefficient (Wildman–Crippen LogP) is 1.62. The number of halogens is 1. The first-order chi connectivity index (χ1) is 9.46.